The maximum Gasteiger partial charge on any atom is 0.244 e. The van der Waals surface area contributed by atoms with Crippen LogP contribution in [0.1, 0.15) is 33.6 Å². The smallest absolute Gasteiger partial charge is 0.244 e. The van der Waals surface area contributed by atoms with E-state index in [1.165, 1.54) is 13.2 Å². The summed E-state index contributed by atoms with van der Waals surface area (Å²) >= 11 is 3.25. The average Bonchev–Trinajstić information content (AvgIpc) is 2.30. The molecule has 0 aromatic heterocycles. The number of anilines is 1. The Morgan fingerprint density at radius 1 is 1.40 bits per heavy atom. The van der Waals surface area contributed by atoms with E-state index < -0.39 is 15.6 Å². The quantitative estimate of drug-likeness (QED) is 0.760. The summed E-state index contributed by atoms with van der Waals surface area (Å²) < 4.78 is 33.4. The first-order valence-corrected chi connectivity index (χ1v) is 8.57. The normalized spacial score (nSPS) is 12.4. The lowest BCUT2D eigenvalue weighted by molar-refractivity contribution is 0.396. The van der Waals surface area contributed by atoms with Gasteiger partial charge >= 0.3 is 0 Å². The zero-order chi connectivity index (χ0) is 15.6. The van der Waals surface area contributed by atoms with Crippen LogP contribution in [0.25, 0.3) is 0 Å². The molecular weight excluding hydrogens is 344 g/mol. The molecule has 1 rings (SSSR count). The lowest BCUT2D eigenvalue weighted by Crippen LogP contribution is -2.43. The van der Waals surface area contributed by atoms with Crippen LogP contribution in [0, 0.1) is 0 Å². The van der Waals surface area contributed by atoms with Crippen molar-refractivity contribution in [1.29, 1.82) is 0 Å². The fraction of sp³-hybridized carbons (Fsp3) is 0.538. The van der Waals surface area contributed by atoms with E-state index in [1.807, 2.05) is 20.8 Å². The molecule has 114 valence electrons. The van der Waals surface area contributed by atoms with Crippen molar-refractivity contribution < 1.29 is 13.2 Å². The maximum atomic E-state index is 12.5. The summed E-state index contributed by atoms with van der Waals surface area (Å²) in [4.78, 5) is 0.0462. The van der Waals surface area contributed by atoms with Gasteiger partial charge in [0.2, 0.25) is 10.0 Å². The number of hydrogen-bond acceptors (Lipinski definition) is 4. The number of ether oxygens (including phenoxy) is 1. The van der Waals surface area contributed by atoms with Gasteiger partial charge in [-0.2, -0.15) is 0 Å². The molecule has 7 heteroatoms. The molecule has 1 aromatic rings. The van der Waals surface area contributed by atoms with Gasteiger partial charge in [0.25, 0.3) is 0 Å². The van der Waals surface area contributed by atoms with Crippen LogP contribution in [0.4, 0.5) is 5.69 Å². The summed E-state index contributed by atoms with van der Waals surface area (Å²) in [6.07, 6.45) is 1.62. The minimum Gasteiger partial charge on any atom is -0.495 e. The topological polar surface area (TPSA) is 81.4 Å². The van der Waals surface area contributed by atoms with E-state index in [2.05, 4.69) is 20.7 Å². The van der Waals surface area contributed by atoms with Crippen LogP contribution < -0.4 is 15.2 Å². The zero-order valence-corrected chi connectivity index (χ0v) is 14.6. The molecule has 0 fully saturated rings. The van der Waals surface area contributed by atoms with E-state index >= 15 is 0 Å². The summed E-state index contributed by atoms with van der Waals surface area (Å²) in [5, 5.41) is 0. The molecule has 0 aliphatic rings. The van der Waals surface area contributed by atoms with E-state index in [4.69, 9.17) is 10.5 Å². The number of methoxy groups -OCH3 is 1. The Balaban J connectivity index is 3.25. The molecule has 0 unspecified atom stereocenters. The fourth-order valence-electron chi connectivity index (χ4n) is 2.02. The second-order valence-corrected chi connectivity index (χ2v) is 7.77. The van der Waals surface area contributed by atoms with Crippen LogP contribution in [-0.2, 0) is 10.0 Å². The molecule has 0 bridgehead atoms. The van der Waals surface area contributed by atoms with Crippen molar-refractivity contribution in [2.75, 3.05) is 12.8 Å². The third-order valence-corrected chi connectivity index (χ3v) is 5.26. The average molecular weight is 365 g/mol. The molecule has 0 saturated heterocycles. The zero-order valence-electron chi connectivity index (χ0n) is 12.2. The van der Waals surface area contributed by atoms with Gasteiger partial charge in [-0.15, -0.1) is 0 Å². The number of sulfonamides is 1. The predicted molar refractivity (Wildman–Crippen MR) is 84.4 cm³/mol. The monoisotopic (exact) mass is 364 g/mol. The molecule has 0 spiro atoms. The highest BCUT2D eigenvalue weighted by Gasteiger charge is 2.28. The van der Waals surface area contributed by atoms with E-state index in [-0.39, 0.29) is 10.6 Å². The van der Waals surface area contributed by atoms with Crippen LogP contribution in [-0.4, -0.2) is 21.1 Å². The van der Waals surface area contributed by atoms with Crippen molar-refractivity contribution in [3.05, 3.63) is 16.6 Å². The maximum absolute atomic E-state index is 12.5. The van der Waals surface area contributed by atoms with Crippen molar-refractivity contribution in [3.63, 3.8) is 0 Å². The van der Waals surface area contributed by atoms with Crippen LogP contribution in [0.3, 0.4) is 0 Å². The van der Waals surface area contributed by atoms with Gasteiger partial charge in [-0.3, -0.25) is 0 Å². The molecule has 0 atom stereocenters. The Morgan fingerprint density at radius 2 is 2.00 bits per heavy atom. The molecule has 5 nitrogen and oxygen atoms in total. The number of rotatable bonds is 6. The summed E-state index contributed by atoms with van der Waals surface area (Å²) in [6.45, 7) is 5.71. The van der Waals surface area contributed by atoms with E-state index in [1.54, 1.807) is 6.07 Å². The Labute approximate surface area is 129 Å². The van der Waals surface area contributed by atoms with Gasteiger partial charge < -0.3 is 10.5 Å². The first-order valence-electron chi connectivity index (χ1n) is 6.30. The summed E-state index contributed by atoms with van der Waals surface area (Å²) in [7, 11) is -2.27. The number of nitrogens with two attached hydrogens (primary N) is 1. The number of halogens is 1. The van der Waals surface area contributed by atoms with Crippen LogP contribution >= 0.6 is 15.9 Å². The Kier molecular flexibility index (Phi) is 5.46. The van der Waals surface area contributed by atoms with Gasteiger partial charge in [0.15, 0.2) is 0 Å². The Hall–Kier alpha value is -0.790. The van der Waals surface area contributed by atoms with Gasteiger partial charge in [-0.1, -0.05) is 13.3 Å². The van der Waals surface area contributed by atoms with Crippen LogP contribution in [0.2, 0.25) is 0 Å². The molecule has 1 aromatic carbocycles. The Bertz CT molecular complexity index is 586. The second-order valence-electron chi connectivity index (χ2n) is 5.26. The van der Waals surface area contributed by atoms with E-state index in [9.17, 15) is 8.42 Å². The highest BCUT2D eigenvalue weighted by molar-refractivity contribution is 9.10. The van der Waals surface area contributed by atoms with Crippen molar-refractivity contribution in [2.45, 2.75) is 44.0 Å². The standard InChI is InChI=1S/C13H21BrN2O3S/c1-5-6-13(2,3)16-20(17,18)12-8-10(15)9(14)7-11(12)19-4/h7-8,16H,5-6,15H2,1-4H3. The van der Waals surface area contributed by atoms with Crippen molar-refractivity contribution in [2.24, 2.45) is 0 Å². The largest absolute Gasteiger partial charge is 0.495 e. The molecule has 20 heavy (non-hydrogen) atoms. The lowest BCUT2D eigenvalue weighted by Gasteiger charge is -2.26. The number of benzene rings is 1. The first-order chi connectivity index (χ1) is 9.13. The summed E-state index contributed by atoms with van der Waals surface area (Å²) in [5.41, 5.74) is 5.59. The Morgan fingerprint density at radius 3 is 2.50 bits per heavy atom. The molecule has 0 saturated carbocycles. The summed E-state index contributed by atoms with van der Waals surface area (Å²) in [5.74, 6) is 0.255. The highest BCUT2D eigenvalue weighted by Crippen LogP contribution is 2.33. The van der Waals surface area contributed by atoms with Crippen molar-refractivity contribution >= 4 is 31.6 Å². The van der Waals surface area contributed by atoms with Crippen LogP contribution in [0.15, 0.2) is 21.5 Å². The molecular formula is C13H21BrN2O3S. The first kappa shape index (κ1) is 17.3. The molecule has 0 aliphatic heterocycles. The lowest BCUT2D eigenvalue weighted by atomic mass is 10.0. The van der Waals surface area contributed by atoms with Gasteiger partial charge in [-0.25, -0.2) is 13.1 Å². The van der Waals surface area contributed by atoms with Crippen molar-refractivity contribution in [3.8, 4) is 5.75 Å². The van der Waals surface area contributed by atoms with E-state index in [0.717, 1.165) is 12.8 Å². The van der Waals surface area contributed by atoms with Crippen molar-refractivity contribution in [1.82, 2.24) is 4.72 Å². The van der Waals surface area contributed by atoms with E-state index in [0.29, 0.717) is 10.2 Å². The number of nitrogen functional groups attached to an aromatic ring is 1. The summed E-state index contributed by atoms with van der Waals surface area (Å²) in [6, 6.07) is 2.95. The molecule has 3 N–H and O–H groups in total. The van der Waals surface area contributed by atoms with Gasteiger partial charge in [0.05, 0.1) is 7.11 Å². The fourth-order valence-corrected chi connectivity index (χ4v) is 3.97. The molecule has 0 amide bonds. The second kappa shape index (κ2) is 6.32. The highest BCUT2D eigenvalue weighted by atomic mass is 79.9. The minimum absolute atomic E-state index is 0.0462. The SMILES string of the molecule is CCCC(C)(C)NS(=O)(=O)c1cc(N)c(Br)cc1OC. The van der Waals surface area contributed by atoms with Gasteiger partial charge in [0.1, 0.15) is 10.6 Å². The van der Waals surface area contributed by atoms with Gasteiger partial charge in [0, 0.05) is 15.7 Å². The molecule has 0 heterocycles. The minimum atomic E-state index is -3.70. The van der Waals surface area contributed by atoms with Gasteiger partial charge in [-0.05, 0) is 48.3 Å². The molecule has 0 radical (unpaired) electrons. The predicted octanol–water partition coefficient (Wildman–Crippen LogP) is 2.90. The molecule has 0 aliphatic carbocycles. The number of nitrogens with one attached hydrogen (secondary N) is 1. The third-order valence-electron chi connectivity index (χ3n) is 2.86. The number of hydrogen-bond donors (Lipinski definition) is 2. The third kappa shape index (κ3) is 4.10. The van der Waals surface area contributed by atoms with Crippen LogP contribution in [0.5, 0.6) is 5.75 Å².